The van der Waals surface area contributed by atoms with Gasteiger partial charge < -0.3 is 4.74 Å². The van der Waals surface area contributed by atoms with Gasteiger partial charge in [0.2, 0.25) is 0 Å². The van der Waals surface area contributed by atoms with Crippen molar-refractivity contribution < 1.29 is 19.2 Å². The highest BCUT2D eigenvalue weighted by atomic mass is 79.9. The largest absolute Gasteiger partial charge is 0.488 e. The van der Waals surface area contributed by atoms with Gasteiger partial charge in [-0.1, -0.05) is 34.1 Å². The summed E-state index contributed by atoms with van der Waals surface area (Å²) in [5.41, 5.74) is 2.31. The van der Waals surface area contributed by atoms with Gasteiger partial charge in [-0.25, -0.2) is 0 Å². The van der Waals surface area contributed by atoms with Crippen LogP contribution in [0.1, 0.15) is 22.3 Å². The number of nitro groups is 1. The van der Waals surface area contributed by atoms with E-state index in [0.29, 0.717) is 22.4 Å². The van der Waals surface area contributed by atoms with E-state index in [0.717, 1.165) is 26.7 Å². The molecule has 1 aliphatic rings. The molecule has 1 aliphatic heterocycles. The third kappa shape index (κ3) is 5.59. The molecule has 0 unspecified atom stereocenters. The lowest BCUT2D eigenvalue weighted by atomic mass is 10.1. The molecule has 1 fully saturated rings. The summed E-state index contributed by atoms with van der Waals surface area (Å²) >= 11 is 4.24. The van der Waals surface area contributed by atoms with Crippen molar-refractivity contribution in [3.05, 3.63) is 108 Å². The van der Waals surface area contributed by atoms with Gasteiger partial charge >= 0.3 is 0 Å². The lowest BCUT2D eigenvalue weighted by Gasteiger charge is -2.13. The van der Waals surface area contributed by atoms with Gasteiger partial charge in [-0.15, -0.1) is 0 Å². The monoisotopic (exact) mass is 549 g/mol. The van der Waals surface area contributed by atoms with Crippen molar-refractivity contribution in [1.29, 1.82) is 5.26 Å². The number of carbonyl (C=O) groups excluding carboxylic acids is 2. The van der Waals surface area contributed by atoms with Gasteiger partial charge in [-0.05, 0) is 65.4 Å². The first-order valence-electron chi connectivity index (χ1n) is 10.2. The number of carbonyl (C=O) groups is 2. The topological polar surface area (TPSA) is 114 Å². The lowest BCUT2D eigenvalue weighted by molar-refractivity contribution is -0.384. The maximum absolute atomic E-state index is 13.0. The molecule has 3 aromatic carbocycles. The Kier molecular flexibility index (Phi) is 7.29. The van der Waals surface area contributed by atoms with Crippen LogP contribution in [0.15, 0.2) is 76.1 Å². The third-order valence-electron chi connectivity index (χ3n) is 5.14. The molecule has 8 nitrogen and oxygen atoms in total. The van der Waals surface area contributed by atoms with E-state index in [9.17, 15) is 25.0 Å². The Morgan fingerprint density at radius 1 is 1.11 bits per heavy atom. The molecule has 0 bridgehead atoms. The molecule has 3 aromatic rings. The Bertz CT molecular complexity index is 1400. The minimum Gasteiger partial charge on any atom is -0.488 e. The van der Waals surface area contributed by atoms with E-state index in [1.54, 1.807) is 60.7 Å². The average Bonchev–Trinajstić information content (AvgIpc) is 3.11. The van der Waals surface area contributed by atoms with Crippen LogP contribution >= 0.6 is 27.7 Å². The average molecular weight is 550 g/mol. The van der Waals surface area contributed by atoms with Crippen LogP contribution in [0.5, 0.6) is 5.75 Å². The number of ether oxygens (including phenoxy) is 1. The molecule has 4 rings (SSSR count). The van der Waals surface area contributed by atoms with Crippen molar-refractivity contribution in [2.24, 2.45) is 0 Å². The van der Waals surface area contributed by atoms with Gasteiger partial charge in [-0.2, -0.15) is 5.26 Å². The van der Waals surface area contributed by atoms with Crippen molar-refractivity contribution in [2.75, 3.05) is 0 Å². The fourth-order valence-corrected chi connectivity index (χ4v) is 4.56. The molecule has 0 N–H and O–H groups in total. The number of non-ortho nitro benzene ring substituents is 1. The fourth-order valence-electron chi connectivity index (χ4n) is 3.35. The molecule has 0 spiro atoms. The van der Waals surface area contributed by atoms with Crippen molar-refractivity contribution >= 4 is 50.6 Å². The van der Waals surface area contributed by atoms with E-state index in [2.05, 4.69) is 22.0 Å². The first-order chi connectivity index (χ1) is 16.9. The Morgan fingerprint density at radius 2 is 1.86 bits per heavy atom. The van der Waals surface area contributed by atoms with Crippen LogP contribution in [-0.4, -0.2) is 21.0 Å². The second kappa shape index (κ2) is 10.5. The summed E-state index contributed by atoms with van der Waals surface area (Å²) in [5, 5.41) is 19.7. The number of amides is 2. The van der Waals surface area contributed by atoms with Gasteiger partial charge in [0.1, 0.15) is 12.4 Å². The molecule has 35 heavy (non-hydrogen) atoms. The predicted molar refractivity (Wildman–Crippen MR) is 134 cm³/mol. The summed E-state index contributed by atoms with van der Waals surface area (Å²) < 4.78 is 6.67. The van der Waals surface area contributed by atoms with Crippen molar-refractivity contribution in [3.8, 4) is 11.8 Å². The number of nitrogens with zero attached hydrogens (tertiary/aromatic N) is 3. The van der Waals surface area contributed by atoms with Gasteiger partial charge in [0.25, 0.3) is 16.8 Å². The van der Waals surface area contributed by atoms with Crippen LogP contribution in [0.2, 0.25) is 0 Å². The number of imide groups is 1. The molecule has 2 amide bonds. The molecule has 0 saturated carbocycles. The number of rotatable bonds is 7. The van der Waals surface area contributed by atoms with Crippen molar-refractivity contribution in [2.45, 2.75) is 13.2 Å². The number of nitriles is 1. The Hall–Kier alpha value is -3.94. The Labute approximate surface area is 213 Å². The van der Waals surface area contributed by atoms with Gasteiger partial charge in [-0.3, -0.25) is 24.6 Å². The molecule has 0 radical (unpaired) electrons. The first-order valence-corrected chi connectivity index (χ1v) is 11.9. The normalized spacial score (nSPS) is 14.3. The molecule has 0 atom stereocenters. The SMILES string of the molecule is N#Cc1ccccc1CN1C(=O)S/C(=C\c2cc(Br)ccc2OCc2ccc([N+](=O)[O-])cc2)C1=O. The van der Waals surface area contributed by atoms with Crippen LogP contribution in [0.4, 0.5) is 10.5 Å². The van der Waals surface area contributed by atoms with E-state index in [1.165, 1.54) is 12.1 Å². The molecular formula is C25H16BrN3O5S. The summed E-state index contributed by atoms with van der Waals surface area (Å²) in [6.07, 6.45) is 1.59. The highest BCUT2D eigenvalue weighted by molar-refractivity contribution is 9.10. The first kappa shape index (κ1) is 24.2. The molecule has 1 heterocycles. The summed E-state index contributed by atoms with van der Waals surface area (Å²) in [6.45, 7) is 0.167. The number of nitro benzene ring substituents is 1. The number of hydrogen-bond acceptors (Lipinski definition) is 7. The minimum atomic E-state index is -0.469. The maximum atomic E-state index is 13.0. The smallest absolute Gasteiger partial charge is 0.293 e. The quantitative estimate of drug-likeness (QED) is 0.200. The molecule has 10 heteroatoms. The lowest BCUT2D eigenvalue weighted by Crippen LogP contribution is -2.27. The second-order valence-electron chi connectivity index (χ2n) is 7.43. The highest BCUT2D eigenvalue weighted by Crippen LogP contribution is 2.36. The zero-order valence-electron chi connectivity index (χ0n) is 18.0. The number of thioether (sulfide) groups is 1. The molecule has 174 valence electrons. The third-order valence-corrected chi connectivity index (χ3v) is 6.54. The van der Waals surface area contributed by atoms with Crippen molar-refractivity contribution in [3.63, 3.8) is 0 Å². The minimum absolute atomic E-state index is 0.00766. The van der Waals surface area contributed by atoms with E-state index >= 15 is 0 Å². The van der Waals surface area contributed by atoms with Crippen LogP contribution in [-0.2, 0) is 17.9 Å². The Balaban J connectivity index is 1.54. The van der Waals surface area contributed by atoms with Gasteiger partial charge in [0.05, 0.1) is 28.0 Å². The van der Waals surface area contributed by atoms with E-state index in [1.807, 2.05) is 0 Å². The van der Waals surface area contributed by atoms with E-state index in [4.69, 9.17) is 4.74 Å². The van der Waals surface area contributed by atoms with Gasteiger partial charge in [0.15, 0.2) is 0 Å². The number of hydrogen-bond donors (Lipinski definition) is 0. The molecular weight excluding hydrogens is 534 g/mol. The van der Waals surface area contributed by atoms with E-state index < -0.39 is 16.1 Å². The zero-order chi connectivity index (χ0) is 24.9. The fraction of sp³-hybridized carbons (Fsp3) is 0.0800. The molecule has 1 saturated heterocycles. The number of benzene rings is 3. The summed E-state index contributed by atoms with van der Waals surface area (Å²) in [5.74, 6) is 0.0298. The second-order valence-corrected chi connectivity index (χ2v) is 9.34. The van der Waals surface area contributed by atoms with Crippen molar-refractivity contribution in [1.82, 2.24) is 4.90 Å². The van der Waals surface area contributed by atoms with E-state index in [-0.39, 0.29) is 23.7 Å². The van der Waals surface area contributed by atoms with Gasteiger partial charge in [0, 0.05) is 22.2 Å². The standard InChI is InChI=1S/C25H16BrN3O5S/c26-20-7-10-22(34-15-16-5-8-21(9-6-16)29(32)33)19(11-20)12-23-24(30)28(25(31)35-23)14-18-4-2-1-3-17(18)13-27/h1-12H,14-15H2/b23-12-. The summed E-state index contributed by atoms with van der Waals surface area (Å²) in [4.78, 5) is 37.3. The molecule has 0 aromatic heterocycles. The summed E-state index contributed by atoms with van der Waals surface area (Å²) in [7, 11) is 0. The predicted octanol–water partition coefficient (Wildman–Crippen LogP) is 6.04. The highest BCUT2D eigenvalue weighted by Gasteiger charge is 2.35. The summed E-state index contributed by atoms with van der Waals surface area (Å²) in [6, 6.07) is 20.2. The maximum Gasteiger partial charge on any atom is 0.293 e. The van der Waals surface area contributed by atoms with Crippen LogP contribution < -0.4 is 4.74 Å². The van der Waals surface area contributed by atoms with Crippen LogP contribution in [0.25, 0.3) is 6.08 Å². The zero-order valence-corrected chi connectivity index (χ0v) is 20.4. The Morgan fingerprint density at radius 3 is 2.57 bits per heavy atom. The number of halogens is 1. The van der Waals surface area contributed by atoms with Crippen LogP contribution in [0, 0.1) is 21.4 Å². The molecule has 0 aliphatic carbocycles. The van der Waals surface area contributed by atoms with Crippen LogP contribution in [0.3, 0.4) is 0 Å².